The van der Waals surface area contributed by atoms with Crippen LogP contribution < -0.4 is 0 Å². The van der Waals surface area contributed by atoms with Crippen LogP contribution in [0.2, 0.25) is 0 Å². The molecule has 208 valence electrons. The van der Waals surface area contributed by atoms with E-state index < -0.39 is 16.5 Å². The molecule has 1 aromatic heterocycles. The fourth-order valence-corrected chi connectivity index (χ4v) is 10.1. The maximum atomic E-state index is 12.5. The van der Waals surface area contributed by atoms with Gasteiger partial charge in [0.2, 0.25) is 11.6 Å². The van der Waals surface area contributed by atoms with Crippen LogP contribution >= 0.6 is 0 Å². The molecule has 0 bridgehead atoms. The van der Waals surface area contributed by atoms with E-state index in [0.29, 0.717) is 42.4 Å². The summed E-state index contributed by atoms with van der Waals surface area (Å²) < 4.78 is 44.9. The Morgan fingerprint density at radius 3 is 2.54 bits per heavy atom. The first-order valence-electron chi connectivity index (χ1n) is 13.9. The Morgan fingerprint density at radius 2 is 1.86 bits per heavy atom. The minimum absolute atomic E-state index is 0.0452. The van der Waals surface area contributed by atoms with Gasteiger partial charge in [-0.2, -0.15) is 13.6 Å². The number of ketones is 1. The van der Waals surface area contributed by atoms with Gasteiger partial charge in [-0.3, -0.25) is 9.35 Å². The maximum Gasteiger partial charge on any atom is 0.397 e. The van der Waals surface area contributed by atoms with Crippen molar-refractivity contribution in [3.05, 3.63) is 5.82 Å². The highest BCUT2D eigenvalue weighted by molar-refractivity contribution is 7.80. The number of ether oxygens (including phenoxy) is 1. The molecule has 0 aromatic carbocycles. The van der Waals surface area contributed by atoms with Crippen LogP contribution in [-0.2, 0) is 19.3 Å². The van der Waals surface area contributed by atoms with Crippen molar-refractivity contribution in [2.45, 2.75) is 97.2 Å². The summed E-state index contributed by atoms with van der Waals surface area (Å²) in [4.78, 5) is 12.5. The Hall–Kier alpha value is -1.43. The second-order valence-corrected chi connectivity index (χ2v) is 13.9. The number of aromatic nitrogens is 4. The predicted molar refractivity (Wildman–Crippen MR) is 135 cm³/mol. The lowest BCUT2D eigenvalue weighted by Crippen LogP contribution is -2.59. The van der Waals surface area contributed by atoms with E-state index in [2.05, 4.69) is 41.4 Å². The summed E-state index contributed by atoms with van der Waals surface area (Å²) >= 11 is 0. The van der Waals surface area contributed by atoms with Crippen LogP contribution in [-0.4, -0.2) is 58.7 Å². The van der Waals surface area contributed by atoms with E-state index in [4.69, 9.17) is 8.92 Å². The third-order valence-corrected chi connectivity index (χ3v) is 11.9. The van der Waals surface area contributed by atoms with Crippen molar-refractivity contribution in [1.82, 2.24) is 20.6 Å². The van der Waals surface area contributed by atoms with Crippen molar-refractivity contribution < 1.29 is 26.7 Å². The molecule has 4 aliphatic rings. The monoisotopic (exact) mass is 538 g/mol. The van der Waals surface area contributed by atoms with Gasteiger partial charge in [-0.1, -0.05) is 20.8 Å². The summed E-state index contributed by atoms with van der Waals surface area (Å²) in [6, 6.07) is 0. The number of rotatable bonds is 8. The molecule has 0 radical (unpaired) electrons. The van der Waals surface area contributed by atoms with E-state index >= 15 is 0 Å². The molecular formula is C26H42N4O6S. The summed E-state index contributed by atoms with van der Waals surface area (Å²) in [5, 5.41) is 13.5. The molecule has 4 saturated carbocycles. The highest BCUT2D eigenvalue weighted by Gasteiger charge is 2.63. The molecule has 5 rings (SSSR count). The molecule has 2 N–H and O–H groups in total. The van der Waals surface area contributed by atoms with Crippen molar-refractivity contribution in [1.29, 1.82) is 0 Å². The Bertz CT molecular complexity index is 1080. The van der Waals surface area contributed by atoms with Crippen LogP contribution in [0.4, 0.5) is 0 Å². The Balaban J connectivity index is 1.37. The average Bonchev–Trinajstić information content (AvgIpc) is 3.49. The summed E-state index contributed by atoms with van der Waals surface area (Å²) in [7, 11) is -2.80. The van der Waals surface area contributed by atoms with Gasteiger partial charge >= 0.3 is 10.4 Å². The highest BCUT2D eigenvalue weighted by Crippen LogP contribution is 2.69. The summed E-state index contributed by atoms with van der Waals surface area (Å²) in [5.74, 6) is 1.93. The van der Waals surface area contributed by atoms with E-state index in [9.17, 15) is 17.8 Å². The number of hydrogen-bond donors (Lipinski definition) is 2. The van der Waals surface area contributed by atoms with Crippen molar-refractivity contribution in [2.75, 3.05) is 7.11 Å². The molecule has 1 aromatic rings. The lowest BCUT2D eigenvalue weighted by Gasteiger charge is -2.62. The maximum absolute atomic E-state index is 12.5. The van der Waals surface area contributed by atoms with Gasteiger partial charge in [-0.15, -0.1) is 10.2 Å². The molecule has 0 aliphatic heterocycles. The minimum Gasteiger partial charge on any atom is -0.381 e. The van der Waals surface area contributed by atoms with Gasteiger partial charge in [0.25, 0.3) is 0 Å². The SMILES string of the molecule is CO[C@@H]1CC[C@@]2(C)[C@@H](C1)C[C@H](OS(=O)(=O)O)[C@@H]1[C@@H]2CC[C@]2(C)[C@@H]([C@H](C)CCC(=O)c3nn[nH]n3)CC[C@@H]12. The van der Waals surface area contributed by atoms with Crippen LogP contribution in [0.5, 0.6) is 0 Å². The van der Waals surface area contributed by atoms with Crippen molar-refractivity contribution in [2.24, 2.45) is 46.3 Å². The fourth-order valence-electron chi connectivity index (χ4n) is 9.55. The molecule has 0 unspecified atom stereocenters. The highest BCUT2D eigenvalue weighted by atomic mass is 32.3. The largest absolute Gasteiger partial charge is 0.397 e. The van der Waals surface area contributed by atoms with Gasteiger partial charge in [-0.05, 0) is 109 Å². The molecule has 1 heterocycles. The molecular weight excluding hydrogens is 496 g/mol. The number of hydrogen-bond acceptors (Lipinski definition) is 8. The number of fused-ring (bicyclic) bond motifs is 5. The Morgan fingerprint density at radius 1 is 1.14 bits per heavy atom. The molecule has 37 heavy (non-hydrogen) atoms. The van der Waals surface area contributed by atoms with Crippen molar-refractivity contribution in [3.8, 4) is 0 Å². The van der Waals surface area contributed by atoms with Crippen LogP contribution in [0.3, 0.4) is 0 Å². The fraction of sp³-hybridized carbons (Fsp3) is 0.923. The van der Waals surface area contributed by atoms with Crippen LogP contribution in [0.25, 0.3) is 0 Å². The average molecular weight is 539 g/mol. The number of Topliss-reactive ketones (excluding diaryl/α,β-unsaturated/α-hetero) is 1. The van der Waals surface area contributed by atoms with Gasteiger partial charge < -0.3 is 4.74 Å². The van der Waals surface area contributed by atoms with Crippen LogP contribution in [0.1, 0.15) is 95.6 Å². The van der Waals surface area contributed by atoms with E-state index in [-0.39, 0.29) is 34.5 Å². The Labute approximate surface area is 220 Å². The number of nitrogens with one attached hydrogen (secondary N) is 1. The van der Waals surface area contributed by atoms with Crippen LogP contribution in [0, 0.1) is 46.3 Å². The van der Waals surface area contributed by atoms with Gasteiger partial charge in [-0.25, -0.2) is 4.18 Å². The first kappa shape index (κ1) is 27.1. The van der Waals surface area contributed by atoms with Crippen molar-refractivity contribution in [3.63, 3.8) is 0 Å². The second kappa shape index (κ2) is 9.95. The third kappa shape index (κ3) is 4.89. The van der Waals surface area contributed by atoms with Gasteiger partial charge in [0.05, 0.1) is 12.2 Å². The smallest absolute Gasteiger partial charge is 0.381 e. The van der Waals surface area contributed by atoms with Crippen LogP contribution in [0.15, 0.2) is 0 Å². The molecule has 4 fully saturated rings. The quantitative estimate of drug-likeness (QED) is 0.366. The van der Waals surface area contributed by atoms with E-state index in [1.54, 1.807) is 7.11 Å². The Kier molecular flexibility index (Phi) is 7.30. The van der Waals surface area contributed by atoms with E-state index in [1.807, 2.05) is 0 Å². The van der Waals surface area contributed by atoms with Gasteiger partial charge in [0.15, 0.2) is 0 Å². The van der Waals surface area contributed by atoms with Crippen molar-refractivity contribution >= 4 is 16.2 Å². The summed E-state index contributed by atoms with van der Waals surface area (Å²) in [5.41, 5.74) is 0.171. The molecule has 10 nitrogen and oxygen atoms in total. The number of tetrazole rings is 1. The number of carbonyl (C=O) groups excluding carboxylic acids is 1. The zero-order chi connectivity index (χ0) is 26.6. The lowest BCUT2D eigenvalue weighted by atomic mass is 9.43. The first-order valence-corrected chi connectivity index (χ1v) is 15.3. The number of aromatic amines is 1. The molecule has 0 spiro atoms. The lowest BCUT2D eigenvalue weighted by molar-refractivity contribution is -0.170. The first-order chi connectivity index (χ1) is 17.5. The molecule has 11 heteroatoms. The van der Waals surface area contributed by atoms with Gasteiger partial charge in [0.1, 0.15) is 0 Å². The molecule has 0 amide bonds. The molecule has 10 atom stereocenters. The summed E-state index contributed by atoms with van der Waals surface area (Å²) in [6.45, 7) is 7.03. The minimum atomic E-state index is -4.56. The third-order valence-electron chi connectivity index (χ3n) is 11.4. The van der Waals surface area contributed by atoms with E-state index in [0.717, 1.165) is 51.4 Å². The van der Waals surface area contributed by atoms with Gasteiger partial charge in [0, 0.05) is 13.5 Å². The zero-order valence-electron chi connectivity index (χ0n) is 22.4. The predicted octanol–water partition coefficient (Wildman–Crippen LogP) is 4.27. The summed E-state index contributed by atoms with van der Waals surface area (Å²) in [6.07, 6.45) is 8.74. The standard InChI is InChI=1S/C26H42N4O6S/c1-15(5-8-21(31)24-27-29-30-28-24)18-6-7-19-23-20(10-12-26(18,19)3)25(2)11-9-17(35-4)13-16(25)14-22(23)36-37(32,33)34/h15-20,22-23H,5-14H2,1-4H3,(H,32,33,34)(H,27,28,29,30)/t15-,16+,17-,18-,19+,20+,22+,23+,25+,26-/m1/s1. The topological polar surface area (TPSA) is 144 Å². The normalized spacial score (nSPS) is 42.5. The number of H-pyrrole nitrogens is 1. The molecule has 4 aliphatic carbocycles. The second-order valence-electron chi connectivity index (χ2n) is 12.8. The zero-order valence-corrected chi connectivity index (χ0v) is 23.2. The number of nitrogens with zero attached hydrogens (tertiary/aromatic N) is 3. The number of carbonyl (C=O) groups is 1. The molecule has 0 saturated heterocycles. The van der Waals surface area contributed by atoms with E-state index in [1.165, 1.54) is 0 Å². The number of methoxy groups -OCH3 is 1.